The number of likely N-dealkylation sites (tertiary alicyclic amines) is 1. The number of piperidine rings is 1. The van der Waals surface area contributed by atoms with E-state index in [-0.39, 0.29) is 17.9 Å². The molecule has 0 spiro atoms. The van der Waals surface area contributed by atoms with Crippen molar-refractivity contribution in [3.05, 3.63) is 87.2 Å². The van der Waals surface area contributed by atoms with Gasteiger partial charge in [0.1, 0.15) is 5.15 Å². The molecule has 0 saturated carbocycles. The molecule has 172 valence electrons. The van der Waals surface area contributed by atoms with Gasteiger partial charge in [0.25, 0.3) is 11.8 Å². The maximum Gasteiger partial charge on any atom is 0.258 e. The number of hydrogen-bond acceptors (Lipinski definition) is 3. The van der Waals surface area contributed by atoms with Crippen molar-refractivity contribution in [3.8, 4) is 0 Å². The molecule has 1 aromatic heterocycles. The molecule has 2 heterocycles. The molecule has 1 saturated heterocycles. The molecule has 0 radical (unpaired) electrons. The molecule has 1 fully saturated rings. The summed E-state index contributed by atoms with van der Waals surface area (Å²) in [4.78, 5) is 27.7. The van der Waals surface area contributed by atoms with Crippen LogP contribution < -0.4 is 5.32 Å². The normalized spacial score (nSPS) is 14.4. The van der Waals surface area contributed by atoms with Gasteiger partial charge in [-0.05, 0) is 50.8 Å². The number of hydrogen-bond donors (Lipinski definition) is 1. The van der Waals surface area contributed by atoms with Crippen molar-refractivity contribution in [1.29, 1.82) is 0 Å². The lowest BCUT2D eigenvalue weighted by Gasteiger charge is -2.32. The fourth-order valence-electron chi connectivity index (χ4n) is 4.24. The standard InChI is InChI=1S/C26H29ClN4O2/c1-17-8-10-20(11-9-17)16-31-24(27)23(19(3)29-31)26(33)30-14-12-21(13-15-30)28-25(32)22-7-5-4-6-18(22)2/h4-11,21H,12-16H2,1-3H3,(H,28,32). The van der Waals surface area contributed by atoms with Gasteiger partial charge in [0.05, 0.1) is 17.8 Å². The molecule has 2 amide bonds. The molecule has 4 rings (SSSR count). The second-order valence-electron chi connectivity index (χ2n) is 8.75. The molecular weight excluding hydrogens is 436 g/mol. The summed E-state index contributed by atoms with van der Waals surface area (Å²) in [5.74, 6) is -0.162. The molecule has 0 atom stereocenters. The van der Waals surface area contributed by atoms with Crippen LogP contribution in [-0.4, -0.2) is 45.6 Å². The second kappa shape index (κ2) is 9.79. The van der Waals surface area contributed by atoms with E-state index in [1.807, 2.05) is 74.2 Å². The van der Waals surface area contributed by atoms with Crippen LogP contribution >= 0.6 is 11.6 Å². The summed E-state index contributed by atoms with van der Waals surface area (Å²) in [5.41, 5.74) is 5.01. The van der Waals surface area contributed by atoms with Gasteiger partial charge >= 0.3 is 0 Å². The van der Waals surface area contributed by atoms with E-state index in [2.05, 4.69) is 10.4 Å². The van der Waals surface area contributed by atoms with Gasteiger partial charge in [0.15, 0.2) is 0 Å². The van der Waals surface area contributed by atoms with E-state index in [0.717, 1.165) is 11.1 Å². The topological polar surface area (TPSA) is 67.2 Å². The summed E-state index contributed by atoms with van der Waals surface area (Å²) in [7, 11) is 0. The number of rotatable bonds is 5. The lowest BCUT2D eigenvalue weighted by molar-refractivity contribution is 0.0697. The van der Waals surface area contributed by atoms with E-state index in [1.54, 1.807) is 4.68 Å². The molecular formula is C26H29ClN4O2. The zero-order chi connectivity index (χ0) is 23.5. The van der Waals surface area contributed by atoms with Gasteiger partial charge in [-0.2, -0.15) is 5.10 Å². The van der Waals surface area contributed by atoms with E-state index in [4.69, 9.17) is 11.6 Å². The quantitative estimate of drug-likeness (QED) is 0.602. The van der Waals surface area contributed by atoms with E-state index in [1.165, 1.54) is 5.56 Å². The summed E-state index contributed by atoms with van der Waals surface area (Å²) in [6.45, 7) is 7.44. The summed E-state index contributed by atoms with van der Waals surface area (Å²) < 4.78 is 1.68. The van der Waals surface area contributed by atoms with Crippen molar-refractivity contribution < 1.29 is 9.59 Å². The Balaban J connectivity index is 1.38. The third kappa shape index (κ3) is 5.11. The number of aromatic nitrogens is 2. The van der Waals surface area contributed by atoms with E-state index in [9.17, 15) is 9.59 Å². The first-order chi connectivity index (χ1) is 15.8. The van der Waals surface area contributed by atoms with Crippen LogP contribution in [0.25, 0.3) is 0 Å². The molecule has 6 nitrogen and oxygen atoms in total. The van der Waals surface area contributed by atoms with Crippen molar-refractivity contribution in [3.63, 3.8) is 0 Å². The van der Waals surface area contributed by atoms with Crippen LogP contribution in [0.15, 0.2) is 48.5 Å². The Hall–Kier alpha value is -3.12. The lowest BCUT2D eigenvalue weighted by atomic mass is 10.0. The predicted octanol–water partition coefficient (Wildman–Crippen LogP) is 4.54. The predicted molar refractivity (Wildman–Crippen MR) is 130 cm³/mol. The minimum atomic E-state index is -0.101. The number of halogens is 1. The maximum atomic E-state index is 13.2. The van der Waals surface area contributed by atoms with Crippen LogP contribution in [0.2, 0.25) is 5.15 Å². The van der Waals surface area contributed by atoms with E-state index < -0.39 is 0 Å². The van der Waals surface area contributed by atoms with Gasteiger partial charge in [-0.3, -0.25) is 9.59 Å². The Morgan fingerprint density at radius 1 is 1.03 bits per heavy atom. The van der Waals surface area contributed by atoms with Crippen LogP contribution in [0, 0.1) is 20.8 Å². The molecule has 33 heavy (non-hydrogen) atoms. The molecule has 0 bridgehead atoms. The van der Waals surface area contributed by atoms with Crippen molar-refractivity contribution in [2.45, 2.75) is 46.2 Å². The highest BCUT2D eigenvalue weighted by molar-refractivity contribution is 6.33. The molecule has 0 aliphatic carbocycles. The minimum absolute atomic E-state index is 0.0435. The number of nitrogens with zero attached hydrogens (tertiary/aromatic N) is 3. The highest BCUT2D eigenvalue weighted by Gasteiger charge is 2.29. The molecule has 1 aliphatic rings. The smallest absolute Gasteiger partial charge is 0.258 e. The third-order valence-electron chi connectivity index (χ3n) is 6.24. The Morgan fingerprint density at radius 2 is 1.70 bits per heavy atom. The highest BCUT2D eigenvalue weighted by Crippen LogP contribution is 2.24. The van der Waals surface area contributed by atoms with Gasteiger partial charge in [0.2, 0.25) is 0 Å². The first-order valence-electron chi connectivity index (χ1n) is 11.3. The number of carbonyl (C=O) groups is 2. The number of nitrogens with one attached hydrogen (secondary N) is 1. The molecule has 1 aliphatic heterocycles. The van der Waals surface area contributed by atoms with Gasteiger partial charge < -0.3 is 10.2 Å². The Labute approximate surface area is 199 Å². The van der Waals surface area contributed by atoms with E-state index in [0.29, 0.717) is 54.4 Å². The van der Waals surface area contributed by atoms with Crippen LogP contribution in [0.3, 0.4) is 0 Å². The molecule has 0 unspecified atom stereocenters. The van der Waals surface area contributed by atoms with Crippen molar-refractivity contribution in [1.82, 2.24) is 20.0 Å². The van der Waals surface area contributed by atoms with Gasteiger partial charge in [-0.25, -0.2) is 4.68 Å². The van der Waals surface area contributed by atoms with Crippen LogP contribution in [0.5, 0.6) is 0 Å². The first kappa shape index (κ1) is 23.1. The Morgan fingerprint density at radius 3 is 2.36 bits per heavy atom. The number of carbonyl (C=O) groups excluding carboxylic acids is 2. The summed E-state index contributed by atoms with van der Waals surface area (Å²) in [6.07, 6.45) is 1.41. The van der Waals surface area contributed by atoms with Gasteiger partial charge in [-0.15, -0.1) is 0 Å². The van der Waals surface area contributed by atoms with Gasteiger partial charge in [-0.1, -0.05) is 59.6 Å². The summed E-state index contributed by atoms with van der Waals surface area (Å²) in [5, 5.41) is 8.00. The van der Waals surface area contributed by atoms with Crippen molar-refractivity contribution in [2.24, 2.45) is 0 Å². The Kier molecular flexibility index (Phi) is 6.84. The molecule has 2 aromatic carbocycles. The molecule has 1 N–H and O–H groups in total. The van der Waals surface area contributed by atoms with Crippen LogP contribution in [-0.2, 0) is 6.54 Å². The average molecular weight is 465 g/mol. The molecule has 7 heteroatoms. The minimum Gasteiger partial charge on any atom is -0.349 e. The second-order valence-corrected chi connectivity index (χ2v) is 9.11. The monoisotopic (exact) mass is 464 g/mol. The molecule has 3 aromatic rings. The first-order valence-corrected chi connectivity index (χ1v) is 11.7. The largest absolute Gasteiger partial charge is 0.349 e. The van der Waals surface area contributed by atoms with Gasteiger partial charge in [0, 0.05) is 24.7 Å². The van der Waals surface area contributed by atoms with Crippen molar-refractivity contribution in [2.75, 3.05) is 13.1 Å². The number of benzene rings is 2. The number of amides is 2. The zero-order valence-corrected chi connectivity index (χ0v) is 20.0. The lowest BCUT2D eigenvalue weighted by Crippen LogP contribution is -2.46. The van der Waals surface area contributed by atoms with Crippen LogP contribution in [0.1, 0.15) is 55.9 Å². The summed E-state index contributed by atoms with van der Waals surface area (Å²) in [6, 6.07) is 15.8. The highest BCUT2D eigenvalue weighted by atomic mass is 35.5. The number of aryl methyl sites for hydroxylation is 3. The average Bonchev–Trinajstić information content (AvgIpc) is 3.08. The maximum absolute atomic E-state index is 13.2. The van der Waals surface area contributed by atoms with Crippen LogP contribution in [0.4, 0.5) is 0 Å². The van der Waals surface area contributed by atoms with E-state index >= 15 is 0 Å². The zero-order valence-electron chi connectivity index (χ0n) is 19.3. The fourth-order valence-corrected chi connectivity index (χ4v) is 4.56. The third-order valence-corrected chi connectivity index (χ3v) is 6.62. The fraction of sp³-hybridized carbons (Fsp3) is 0.346. The SMILES string of the molecule is Cc1ccc(Cn2nc(C)c(C(=O)N3CCC(NC(=O)c4ccccc4C)CC3)c2Cl)cc1. The van der Waals surface area contributed by atoms with Crippen molar-refractivity contribution >= 4 is 23.4 Å². The Bertz CT molecular complexity index is 1160. The summed E-state index contributed by atoms with van der Waals surface area (Å²) >= 11 is 6.60.